The Labute approximate surface area is 191 Å². The van der Waals surface area contributed by atoms with Gasteiger partial charge >= 0.3 is 0 Å². The lowest BCUT2D eigenvalue weighted by Gasteiger charge is -2.32. The minimum Gasteiger partial charge on any atom is -0.467 e. The van der Waals surface area contributed by atoms with Crippen LogP contribution in [0.5, 0.6) is 0 Å². The minimum absolute atomic E-state index is 0.0187. The fourth-order valence-electron chi connectivity index (χ4n) is 4.15. The number of rotatable bonds is 8. The van der Waals surface area contributed by atoms with E-state index < -0.39 is 6.04 Å². The average molecular weight is 444 g/mol. The number of fused-ring (bicyclic) bond motifs is 1. The van der Waals surface area contributed by atoms with Crippen LogP contribution in [0.25, 0.3) is 11.0 Å². The summed E-state index contributed by atoms with van der Waals surface area (Å²) in [5, 5.41) is 11.3. The van der Waals surface area contributed by atoms with Crippen LogP contribution in [0.2, 0.25) is 0 Å². The van der Waals surface area contributed by atoms with Crippen LogP contribution in [0.1, 0.15) is 35.8 Å². The molecule has 1 fully saturated rings. The van der Waals surface area contributed by atoms with Gasteiger partial charge in [0.1, 0.15) is 23.9 Å². The molecule has 4 aromatic rings. The molecule has 0 aliphatic heterocycles. The third-order valence-corrected chi connectivity index (χ3v) is 5.96. The number of furan rings is 1. The molecule has 5 rings (SSSR count). The molecular weight excluding hydrogens is 418 g/mol. The number of amides is 2. The Morgan fingerprint density at radius 1 is 1.12 bits per heavy atom. The van der Waals surface area contributed by atoms with E-state index in [0.29, 0.717) is 5.76 Å². The van der Waals surface area contributed by atoms with Crippen molar-refractivity contribution in [2.45, 2.75) is 44.9 Å². The molecule has 0 saturated heterocycles. The molecule has 1 atom stereocenters. The summed E-state index contributed by atoms with van der Waals surface area (Å²) in [6, 6.07) is 18.1. The van der Waals surface area contributed by atoms with E-state index in [9.17, 15) is 9.59 Å². The van der Waals surface area contributed by atoms with E-state index in [1.165, 1.54) is 0 Å². The number of nitrogens with zero attached hydrogens (tertiary/aromatic N) is 4. The zero-order valence-corrected chi connectivity index (χ0v) is 18.3. The molecule has 2 aromatic heterocycles. The number of para-hydroxylation sites is 1. The maximum atomic E-state index is 13.6. The number of carbonyl (C=O) groups is 2. The van der Waals surface area contributed by atoms with Gasteiger partial charge in [0.25, 0.3) is 0 Å². The number of hydrogen-bond acceptors (Lipinski definition) is 5. The molecule has 1 aliphatic carbocycles. The standard InChI is InChI=1S/C25H25N5O3/c1-17-7-2-3-9-20(17)24(25(32)26-15-19-8-6-14-33-19)30(18-12-13-18)23(31)16-29-22-11-5-4-10-21(22)27-28-29/h2-11,14,18,24H,12-13,15-16H2,1H3,(H,26,32)/t24-/m0/s1. The van der Waals surface area contributed by atoms with E-state index in [1.807, 2.05) is 61.5 Å². The predicted octanol–water partition coefficient (Wildman–Crippen LogP) is 3.38. The first-order chi connectivity index (χ1) is 16.1. The van der Waals surface area contributed by atoms with Gasteiger partial charge in [0, 0.05) is 6.04 Å². The van der Waals surface area contributed by atoms with Gasteiger partial charge in [0.2, 0.25) is 11.8 Å². The van der Waals surface area contributed by atoms with Crippen LogP contribution in [-0.2, 0) is 22.7 Å². The Morgan fingerprint density at radius 3 is 2.67 bits per heavy atom. The highest BCUT2D eigenvalue weighted by Crippen LogP contribution is 2.36. The second-order valence-electron chi connectivity index (χ2n) is 8.32. The summed E-state index contributed by atoms with van der Waals surface area (Å²) in [6.07, 6.45) is 3.32. The fraction of sp³-hybridized carbons (Fsp3) is 0.280. The number of hydrogen-bond donors (Lipinski definition) is 1. The first kappa shape index (κ1) is 20.9. The van der Waals surface area contributed by atoms with Gasteiger partial charge in [0.15, 0.2) is 0 Å². The van der Waals surface area contributed by atoms with Crippen molar-refractivity contribution in [1.29, 1.82) is 0 Å². The van der Waals surface area contributed by atoms with Gasteiger partial charge in [-0.05, 0) is 55.2 Å². The molecule has 0 spiro atoms. The molecule has 168 valence electrons. The van der Waals surface area contributed by atoms with Gasteiger partial charge in [-0.3, -0.25) is 9.59 Å². The molecule has 0 bridgehead atoms. The average Bonchev–Trinajstić information content (AvgIpc) is 3.36. The molecule has 1 aliphatic rings. The van der Waals surface area contributed by atoms with Crippen LogP contribution >= 0.6 is 0 Å². The minimum atomic E-state index is -0.740. The highest BCUT2D eigenvalue weighted by molar-refractivity contribution is 5.90. The number of nitrogens with one attached hydrogen (secondary N) is 1. The lowest BCUT2D eigenvalue weighted by Crippen LogP contribution is -2.46. The molecular formula is C25H25N5O3. The van der Waals surface area contributed by atoms with Crippen molar-refractivity contribution >= 4 is 22.8 Å². The predicted molar refractivity (Wildman–Crippen MR) is 122 cm³/mol. The fourth-order valence-corrected chi connectivity index (χ4v) is 4.15. The van der Waals surface area contributed by atoms with Crippen LogP contribution in [0.15, 0.2) is 71.3 Å². The van der Waals surface area contributed by atoms with E-state index in [2.05, 4.69) is 15.6 Å². The lowest BCUT2D eigenvalue weighted by atomic mass is 9.98. The Bertz CT molecular complexity index is 1280. The number of benzene rings is 2. The molecule has 8 nitrogen and oxygen atoms in total. The van der Waals surface area contributed by atoms with Gasteiger partial charge in [-0.2, -0.15) is 0 Å². The molecule has 0 radical (unpaired) electrons. The zero-order valence-electron chi connectivity index (χ0n) is 18.3. The molecule has 1 N–H and O–H groups in total. The van der Waals surface area contributed by atoms with Gasteiger partial charge in [-0.15, -0.1) is 5.10 Å². The van der Waals surface area contributed by atoms with E-state index in [0.717, 1.165) is 35.0 Å². The molecule has 0 unspecified atom stereocenters. The SMILES string of the molecule is Cc1ccccc1[C@@H](C(=O)NCc1ccco1)N(C(=O)Cn1nnc2ccccc21)C1CC1. The Hall–Kier alpha value is -3.94. The van der Waals surface area contributed by atoms with Crippen LogP contribution < -0.4 is 5.32 Å². The van der Waals surface area contributed by atoms with Gasteiger partial charge in [0.05, 0.1) is 18.3 Å². The summed E-state index contributed by atoms with van der Waals surface area (Å²) in [6.45, 7) is 2.24. The maximum Gasteiger partial charge on any atom is 0.247 e. The lowest BCUT2D eigenvalue weighted by molar-refractivity contribution is -0.142. The summed E-state index contributed by atoms with van der Waals surface area (Å²) in [5.41, 5.74) is 3.30. The Morgan fingerprint density at radius 2 is 1.91 bits per heavy atom. The summed E-state index contributed by atoms with van der Waals surface area (Å²) < 4.78 is 6.96. The number of carbonyl (C=O) groups excluding carboxylic acids is 2. The zero-order chi connectivity index (χ0) is 22.8. The summed E-state index contributed by atoms with van der Waals surface area (Å²) in [4.78, 5) is 28.9. The summed E-state index contributed by atoms with van der Waals surface area (Å²) >= 11 is 0. The van der Waals surface area contributed by atoms with E-state index >= 15 is 0 Å². The second kappa shape index (κ2) is 8.90. The second-order valence-corrected chi connectivity index (χ2v) is 8.32. The largest absolute Gasteiger partial charge is 0.467 e. The monoisotopic (exact) mass is 443 g/mol. The van der Waals surface area contributed by atoms with Crippen LogP contribution in [0.3, 0.4) is 0 Å². The quantitative estimate of drug-likeness (QED) is 0.451. The highest BCUT2D eigenvalue weighted by atomic mass is 16.3. The van der Waals surface area contributed by atoms with Crippen LogP contribution in [0.4, 0.5) is 0 Å². The van der Waals surface area contributed by atoms with E-state index in [1.54, 1.807) is 21.9 Å². The Balaban J connectivity index is 1.46. The Kier molecular flexibility index (Phi) is 5.64. The molecule has 8 heteroatoms. The van der Waals surface area contributed by atoms with Crippen molar-refractivity contribution in [2.24, 2.45) is 0 Å². The molecule has 1 saturated carbocycles. The molecule has 2 amide bonds. The first-order valence-corrected chi connectivity index (χ1v) is 11.1. The van der Waals surface area contributed by atoms with Crippen molar-refractivity contribution in [3.05, 3.63) is 83.8 Å². The smallest absolute Gasteiger partial charge is 0.247 e. The molecule has 2 aromatic carbocycles. The van der Waals surface area contributed by atoms with Crippen molar-refractivity contribution in [1.82, 2.24) is 25.2 Å². The number of aromatic nitrogens is 3. The third kappa shape index (κ3) is 4.37. The summed E-state index contributed by atoms with van der Waals surface area (Å²) in [5.74, 6) is 0.268. The van der Waals surface area contributed by atoms with Gasteiger partial charge in [-0.25, -0.2) is 4.68 Å². The van der Waals surface area contributed by atoms with E-state index in [4.69, 9.17) is 4.42 Å². The maximum absolute atomic E-state index is 13.6. The number of aryl methyl sites for hydroxylation is 1. The van der Waals surface area contributed by atoms with Crippen molar-refractivity contribution in [3.63, 3.8) is 0 Å². The van der Waals surface area contributed by atoms with Crippen molar-refractivity contribution < 1.29 is 14.0 Å². The molecule has 2 heterocycles. The van der Waals surface area contributed by atoms with Crippen LogP contribution in [-0.4, -0.2) is 37.7 Å². The van der Waals surface area contributed by atoms with Crippen molar-refractivity contribution in [3.8, 4) is 0 Å². The van der Waals surface area contributed by atoms with Crippen LogP contribution in [0, 0.1) is 6.92 Å². The van der Waals surface area contributed by atoms with Crippen molar-refractivity contribution in [2.75, 3.05) is 0 Å². The normalized spacial score (nSPS) is 14.2. The van der Waals surface area contributed by atoms with Gasteiger partial charge in [-0.1, -0.05) is 41.6 Å². The third-order valence-electron chi connectivity index (χ3n) is 5.96. The first-order valence-electron chi connectivity index (χ1n) is 11.1. The highest BCUT2D eigenvalue weighted by Gasteiger charge is 2.41. The molecule has 33 heavy (non-hydrogen) atoms. The van der Waals surface area contributed by atoms with E-state index in [-0.39, 0.29) is 30.9 Å². The van der Waals surface area contributed by atoms with Gasteiger partial charge < -0.3 is 14.6 Å². The topological polar surface area (TPSA) is 93.3 Å². The summed E-state index contributed by atoms with van der Waals surface area (Å²) in [7, 11) is 0.